The van der Waals surface area contributed by atoms with Crippen molar-refractivity contribution in [3.05, 3.63) is 95.8 Å². The molecule has 2 aliphatic rings. The quantitative estimate of drug-likeness (QED) is 0.658. The number of pyridine rings is 1. The van der Waals surface area contributed by atoms with Gasteiger partial charge in [0.1, 0.15) is 0 Å². The topological polar surface area (TPSA) is 51.7 Å². The summed E-state index contributed by atoms with van der Waals surface area (Å²) in [6.45, 7) is 5.89. The van der Waals surface area contributed by atoms with Crippen molar-refractivity contribution >= 4 is 11.7 Å². The van der Waals surface area contributed by atoms with Gasteiger partial charge < -0.3 is 15.1 Å². The van der Waals surface area contributed by atoms with Crippen molar-refractivity contribution in [1.82, 2.24) is 20.1 Å². The molecular weight excluding hydrogens is 410 g/mol. The van der Waals surface area contributed by atoms with E-state index in [1.165, 1.54) is 22.4 Å². The summed E-state index contributed by atoms with van der Waals surface area (Å²) in [7, 11) is 0. The van der Waals surface area contributed by atoms with Gasteiger partial charge in [0, 0.05) is 63.9 Å². The Balaban J connectivity index is 1.28. The summed E-state index contributed by atoms with van der Waals surface area (Å²) in [6.07, 6.45) is 4.39. The van der Waals surface area contributed by atoms with Gasteiger partial charge >= 0.3 is 6.03 Å². The number of benzene rings is 2. The summed E-state index contributed by atoms with van der Waals surface area (Å²) in [5.41, 5.74) is 5.02. The number of hydrogen-bond donors (Lipinski definition) is 1. The van der Waals surface area contributed by atoms with Crippen LogP contribution in [-0.2, 0) is 19.5 Å². The third kappa shape index (κ3) is 5.17. The summed E-state index contributed by atoms with van der Waals surface area (Å²) in [5.74, 6) is 0. The standard InChI is InChI=1S/C27H31N5O/c33-27(29-15-12-22-10-13-28-14-11-22)31-19-24-8-4-5-9-26(24)32-17-16-30(20-25(32)21-31)18-23-6-2-1-3-7-23/h1-11,13-14,25H,12,15-21H2,(H,29,33). The number of nitrogens with zero attached hydrogens (tertiary/aromatic N) is 4. The van der Waals surface area contributed by atoms with Gasteiger partial charge in [0.15, 0.2) is 0 Å². The van der Waals surface area contributed by atoms with E-state index in [0.29, 0.717) is 13.1 Å². The minimum Gasteiger partial charge on any atom is -0.364 e. The Morgan fingerprint density at radius 2 is 1.70 bits per heavy atom. The van der Waals surface area contributed by atoms with E-state index >= 15 is 0 Å². The number of piperazine rings is 1. The third-order valence-corrected chi connectivity index (χ3v) is 6.64. The summed E-state index contributed by atoms with van der Waals surface area (Å²) < 4.78 is 0. The number of aromatic nitrogens is 1. The monoisotopic (exact) mass is 441 g/mol. The molecule has 2 aliphatic heterocycles. The zero-order valence-electron chi connectivity index (χ0n) is 18.9. The molecule has 0 saturated carbocycles. The van der Waals surface area contributed by atoms with Crippen molar-refractivity contribution in [2.24, 2.45) is 0 Å². The first kappa shape index (κ1) is 21.5. The number of fused-ring (bicyclic) bond motifs is 3. The van der Waals surface area contributed by atoms with Crippen molar-refractivity contribution in [3.63, 3.8) is 0 Å². The van der Waals surface area contributed by atoms with Gasteiger partial charge in [-0.15, -0.1) is 0 Å². The molecule has 5 rings (SSSR count). The van der Waals surface area contributed by atoms with Crippen LogP contribution in [0.4, 0.5) is 10.5 Å². The lowest BCUT2D eigenvalue weighted by molar-refractivity contribution is 0.169. The first-order valence-corrected chi connectivity index (χ1v) is 11.8. The Morgan fingerprint density at radius 3 is 2.55 bits per heavy atom. The molecule has 0 radical (unpaired) electrons. The molecule has 2 aromatic carbocycles. The molecule has 0 aliphatic carbocycles. The van der Waals surface area contributed by atoms with Gasteiger partial charge in [-0.1, -0.05) is 48.5 Å². The second-order valence-corrected chi connectivity index (χ2v) is 8.91. The average molecular weight is 442 g/mol. The van der Waals surface area contributed by atoms with Crippen LogP contribution < -0.4 is 10.2 Å². The van der Waals surface area contributed by atoms with Gasteiger partial charge in [0.2, 0.25) is 0 Å². The fraction of sp³-hybridized carbons (Fsp3) is 0.333. The van der Waals surface area contributed by atoms with E-state index in [1.54, 1.807) is 12.4 Å². The molecule has 0 bridgehead atoms. The number of rotatable bonds is 5. The number of anilines is 1. The van der Waals surface area contributed by atoms with Gasteiger partial charge in [0.05, 0.1) is 6.04 Å². The van der Waals surface area contributed by atoms with Crippen LogP contribution in [-0.4, -0.2) is 59.6 Å². The molecule has 1 saturated heterocycles. The molecule has 33 heavy (non-hydrogen) atoms. The van der Waals surface area contributed by atoms with Crippen molar-refractivity contribution < 1.29 is 4.79 Å². The summed E-state index contributed by atoms with van der Waals surface area (Å²) in [5, 5.41) is 3.14. The summed E-state index contributed by atoms with van der Waals surface area (Å²) in [6, 6.07) is 23.5. The van der Waals surface area contributed by atoms with Crippen molar-refractivity contribution in [1.29, 1.82) is 0 Å². The van der Waals surface area contributed by atoms with E-state index in [4.69, 9.17) is 0 Å². The van der Waals surface area contributed by atoms with E-state index in [0.717, 1.165) is 39.1 Å². The first-order valence-electron chi connectivity index (χ1n) is 11.8. The lowest BCUT2D eigenvalue weighted by Gasteiger charge is -2.43. The number of hydrogen-bond acceptors (Lipinski definition) is 4. The normalized spacial score (nSPS) is 18.2. The van der Waals surface area contributed by atoms with Crippen LogP contribution in [0.1, 0.15) is 16.7 Å². The van der Waals surface area contributed by atoms with E-state index in [2.05, 4.69) is 74.7 Å². The highest BCUT2D eigenvalue weighted by atomic mass is 16.2. The van der Waals surface area contributed by atoms with Crippen molar-refractivity contribution in [2.45, 2.75) is 25.6 Å². The molecule has 3 aromatic rings. The van der Waals surface area contributed by atoms with Crippen LogP contribution in [0.3, 0.4) is 0 Å². The van der Waals surface area contributed by atoms with Crippen LogP contribution >= 0.6 is 0 Å². The maximum Gasteiger partial charge on any atom is 0.317 e. The van der Waals surface area contributed by atoms with Crippen LogP contribution in [0.5, 0.6) is 0 Å². The minimum absolute atomic E-state index is 0.0147. The Bertz CT molecular complexity index is 1060. The molecule has 1 N–H and O–H groups in total. The molecule has 3 heterocycles. The smallest absolute Gasteiger partial charge is 0.317 e. The fourth-order valence-corrected chi connectivity index (χ4v) is 4.96. The zero-order chi connectivity index (χ0) is 22.5. The van der Waals surface area contributed by atoms with Crippen molar-refractivity contribution in [2.75, 3.05) is 37.6 Å². The molecular formula is C27H31N5O. The maximum atomic E-state index is 13.2. The molecule has 170 valence electrons. The maximum absolute atomic E-state index is 13.2. The second kappa shape index (κ2) is 10.0. The largest absolute Gasteiger partial charge is 0.364 e. The second-order valence-electron chi connectivity index (χ2n) is 8.91. The van der Waals surface area contributed by atoms with Crippen LogP contribution in [0.2, 0.25) is 0 Å². The summed E-state index contributed by atoms with van der Waals surface area (Å²) in [4.78, 5) is 24.2. The summed E-state index contributed by atoms with van der Waals surface area (Å²) >= 11 is 0. The average Bonchev–Trinajstić information content (AvgIpc) is 3.02. The van der Waals surface area contributed by atoms with E-state index in [1.807, 2.05) is 17.0 Å². The Kier molecular flexibility index (Phi) is 6.53. The van der Waals surface area contributed by atoms with E-state index < -0.39 is 0 Å². The Morgan fingerprint density at radius 1 is 0.909 bits per heavy atom. The fourth-order valence-electron chi connectivity index (χ4n) is 4.96. The molecule has 6 heteroatoms. The van der Waals surface area contributed by atoms with Crippen LogP contribution in [0, 0.1) is 0 Å². The van der Waals surface area contributed by atoms with Crippen LogP contribution in [0.25, 0.3) is 0 Å². The number of carbonyl (C=O) groups is 1. The SMILES string of the molecule is O=C(NCCc1ccncc1)N1Cc2ccccc2N2CCN(Cc3ccccc3)CC2C1. The lowest BCUT2D eigenvalue weighted by Crippen LogP contribution is -2.57. The zero-order valence-corrected chi connectivity index (χ0v) is 18.9. The van der Waals surface area contributed by atoms with Crippen molar-refractivity contribution in [3.8, 4) is 0 Å². The molecule has 2 amide bonds. The molecule has 1 atom stereocenters. The highest BCUT2D eigenvalue weighted by Crippen LogP contribution is 2.30. The van der Waals surface area contributed by atoms with Gasteiger partial charge in [-0.2, -0.15) is 0 Å². The van der Waals surface area contributed by atoms with Gasteiger partial charge in [0.25, 0.3) is 0 Å². The predicted molar refractivity (Wildman–Crippen MR) is 131 cm³/mol. The molecule has 0 spiro atoms. The Hall–Kier alpha value is -3.38. The number of amides is 2. The molecule has 6 nitrogen and oxygen atoms in total. The molecule has 1 fully saturated rings. The minimum atomic E-state index is 0.0147. The first-order chi connectivity index (χ1) is 16.3. The van der Waals surface area contributed by atoms with Gasteiger partial charge in [-0.05, 0) is 41.3 Å². The van der Waals surface area contributed by atoms with Gasteiger partial charge in [-0.25, -0.2) is 4.79 Å². The Labute approximate surface area is 195 Å². The molecule has 1 unspecified atom stereocenters. The number of carbonyl (C=O) groups excluding carboxylic acids is 1. The highest BCUT2D eigenvalue weighted by molar-refractivity contribution is 5.75. The third-order valence-electron chi connectivity index (χ3n) is 6.64. The number of urea groups is 1. The van der Waals surface area contributed by atoms with E-state index in [9.17, 15) is 4.79 Å². The number of nitrogens with one attached hydrogen (secondary N) is 1. The predicted octanol–water partition coefficient (Wildman–Crippen LogP) is 3.54. The number of para-hydroxylation sites is 1. The molecule has 1 aromatic heterocycles. The van der Waals surface area contributed by atoms with Crippen LogP contribution in [0.15, 0.2) is 79.1 Å². The van der Waals surface area contributed by atoms with Gasteiger partial charge in [-0.3, -0.25) is 9.88 Å². The van der Waals surface area contributed by atoms with E-state index in [-0.39, 0.29) is 12.1 Å². The highest BCUT2D eigenvalue weighted by Gasteiger charge is 2.34. The lowest BCUT2D eigenvalue weighted by atomic mass is 10.1.